The number of benzene rings is 1. The van der Waals surface area contributed by atoms with Crippen molar-refractivity contribution in [1.82, 2.24) is 47.2 Å². The zero-order valence-electron chi connectivity index (χ0n) is 35.7. The predicted octanol–water partition coefficient (Wildman–Crippen LogP) is -4.62. The molecule has 352 valence electrons. The molecule has 0 aliphatic rings. The predicted molar refractivity (Wildman–Crippen MR) is 222 cm³/mol. The number of aliphatic hydroxyl groups excluding tert-OH is 1. The van der Waals surface area contributed by atoms with E-state index in [2.05, 4.69) is 47.2 Å². The molecule has 2 rings (SSSR count). The average molecular weight is 904 g/mol. The zero-order valence-corrected chi connectivity index (χ0v) is 35.7. The maximum absolute atomic E-state index is 13.9. The quantitative estimate of drug-likeness (QED) is 0.0422. The number of aliphatic carboxylic acids is 2. The molecule has 0 saturated carbocycles. The summed E-state index contributed by atoms with van der Waals surface area (Å²) >= 11 is 0. The number of nitrogens with zero attached hydrogens (tertiary/aromatic N) is 1. The summed E-state index contributed by atoms with van der Waals surface area (Å²) < 4.78 is 0. The number of H-pyrrole nitrogens is 1. The number of hydrogen-bond acceptors (Lipinski definition) is 14. The fourth-order valence-corrected chi connectivity index (χ4v) is 5.96. The summed E-state index contributed by atoms with van der Waals surface area (Å²) in [7, 11) is 0. The average Bonchev–Trinajstić information content (AvgIpc) is 3.72. The maximum Gasteiger partial charge on any atom is 0.326 e. The van der Waals surface area contributed by atoms with E-state index in [9.17, 15) is 68.4 Å². The fraction of sp³-hybridized carbons (Fsp3) is 0.513. The van der Waals surface area contributed by atoms with Crippen LogP contribution in [-0.4, -0.2) is 145 Å². The van der Waals surface area contributed by atoms with E-state index in [1.807, 2.05) is 0 Å². The third-order valence-electron chi connectivity index (χ3n) is 9.41. The van der Waals surface area contributed by atoms with Gasteiger partial charge in [-0.25, -0.2) is 9.78 Å². The van der Waals surface area contributed by atoms with Crippen LogP contribution < -0.4 is 48.7 Å². The van der Waals surface area contributed by atoms with Gasteiger partial charge in [0.05, 0.1) is 31.8 Å². The van der Waals surface area contributed by atoms with Gasteiger partial charge in [-0.05, 0) is 36.5 Å². The lowest BCUT2D eigenvalue weighted by atomic mass is 9.98. The fourth-order valence-electron chi connectivity index (χ4n) is 5.96. The smallest absolute Gasteiger partial charge is 0.326 e. The third kappa shape index (κ3) is 17.3. The van der Waals surface area contributed by atoms with E-state index in [-0.39, 0.29) is 18.6 Å². The van der Waals surface area contributed by atoms with Gasteiger partial charge in [0, 0.05) is 24.7 Å². The summed E-state index contributed by atoms with van der Waals surface area (Å²) in [5.74, 6) is -12.6. The number of carbonyl (C=O) groups is 10. The van der Waals surface area contributed by atoms with Crippen molar-refractivity contribution in [2.75, 3.05) is 6.54 Å². The summed E-state index contributed by atoms with van der Waals surface area (Å²) in [5, 5.41) is 55.8. The second kappa shape index (κ2) is 25.1. The molecule has 25 nitrogen and oxygen atoms in total. The number of aliphatic hydroxyl groups is 1. The largest absolute Gasteiger partial charge is 0.508 e. The van der Waals surface area contributed by atoms with Crippen LogP contribution in [0.4, 0.5) is 0 Å². The zero-order chi connectivity index (χ0) is 48.4. The van der Waals surface area contributed by atoms with Gasteiger partial charge in [-0.2, -0.15) is 0 Å². The first-order chi connectivity index (χ1) is 29.9. The van der Waals surface area contributed by atoms with Gasteiger partial charge in [-0.15, -0.1) is 0 Å². The SMILES string of the molecule is CC(C)[C@H](NC(=O)[C@H](Cc1ccc(O)cc1)NC(=O)[C@H](CC(N)=O)NC(=O)CN)C(=O)N[C@H](C(=O)N[C@H](C(=O)N[C@@H](CC(=O)O)C(=O)N[C@@H](Cc1cnc[nH]1)C(=O)O)[C@@H](C)O)C(C)C. The highest BCUT2D eigenvalue weighted by molar-refractivity contribution is 5.99. The summed E-state index contributed by atoms with van der Waals surface area (Å²) in [6.45, 7) is 6.72. The molecule has 0 bridgehead atoms. The van der Waals surface area contributed by atoms with E-state index in [4.69, 9.17) is 11.5 Å². The maximum atomic E-state index is 13.9. The number of nitrogens with two attached hydrogens (primary N) is 2. The Morgan fingerprint density at radius 3 is 1.55 bits per heavy atom. The number of carboxylic acid groups (broad SMARTS) is 2. The molecule has 64 heavy (non-hydrogen) atoms. The van der Waals surface area contributed by atoms with Gasteiger partial charge >= 0.3 is 11.9 Å². The number of carbonyl (C=O) groups excluding carboxylic acids is 8. The molecule has 16 N–H and O–H groups in total. The summed E-state index contributed by atoms with van der Waals surface area (Å²) in [4.78, 5) is 135. The Hall–Kier alpha value is -7.15. The van der Waals surface area contributed by atoms with E-state index < -0.39 is 139 Å². The van der Waals surface area contributed by atoms with Crippen LogP contribution in [0.5, 0.6) is 5.75 Å². The molecule has 0 radical (unpaired) electrons. The normalized spacial score (nSPS) is 14.8. The number of imidazole rings is 1. The second-order valence-corrected chi connectivity index (χ2v) is 15.5. The minimum Gasteiger partial charge on any atom is -0.508 e. The number of primary amides is 1. The van der Waals surface area contributed by atoms with Crippen molar-refractivity contribution in [3.63, 3.8) is 0 Å². The Kier molecular flexibility index (Phi) is 20.8. The van der Waals surface area contributed by atoms with Crippen molar-refractivity contribution in [3.8, 4) is 5.75 Å². The van der Waals surface area contributed by atoms with Crippen molar-refractivity contribution >= 4 is 59.2 Å². The molecule has 0 aliphatic carbocycles. The first-order valence-electron chi connectivity index (χ1n) is 19.9. The molecule has 8 amide bonds. The van der Waals surface area contributed by atoms with E-state index in [0.717, 1.165) is 6.92 Å². The minimum absolute atomic E-state index is 0.0982. The Labute approximate surface area is 366 Å². The number of phenols is 1. The molecule has 1 heterocycles. The van der Waals surface area contributed by atoms with Crippen LogP contribution in [0, 0.1) is 11.8 Å². The van der Waals surface area contributed by atoms with Crippen molar-refractivity contribution in [2.24, 2.45) is 23.3 Å². The van der Waals surface area contributed by atoms with Gasteiger partial charge in [-0.3, -0.25) is 43.2 Å². The molecule has 0 spiro atoms. The van der Waals surface area contributed by atoms with Crippen LogP contribution in [0.2, 0.25) is 0 Å². The van der Waals surface area contributed by atoms with Crippen LogP contribution in [0.25, 0.3) is 0 Å². The molecular weight excluding hydrogens is 846 g/mol. The van der Waals surface area contributed by atoms with Crippen molar-refractivity contribution in [2.45, 2.75) is 109 Å². The molecule has 1 aromatic heterocycles. The Balaban J connectivity index is 2.32. The van der Waals surface area contributed by atoms with E-state index in [1.165, 1.54) is 50.6 Å². The number of aromatic nitrogens is 2. The first-order valence-corrected chi connectivity index (χ1v) is 19.9. The van der Waals surface area contributed by atoms with E-state index in [0.29, 0.717) is 11.3 Å². The lowest BCUT2D eigenvalue weighted by Crippen LogP contribution is -2.63. The number of aromatic hydroxyl groups is 1. The number of amides is 8. The van der Waals surface area contributed by atoms with Gasteiger partial charge in [0.25, 0.3) is 0 Å². The summed E-state index contributed by atoms with van der Waals surface area (Å²) in [6.07, 6.45) is -1.29. The molecule has 0 saturated heterocycles. The molecule has 0 fully saturated rings. The van der Waals surface area contributed by atoms with Gasteiger partial charge in [0.1, 0.15) is 48.0 Å². The van der Waals surface area contributed by atoms with Crippen molar-refractivity contribution in [3.05, 3.63) is 48.0 Å². The Bertz CT molecular complexity index is 1980. The third-order valence-corrected chi connectivity index (χ3v) is 9.41. The highest BCUT2D eigenvalue weighted by Crippen LogP contribution is 2.14. The molecule has 2 aromatic rings. The highest BCUT2D eigenvalue weighted by Gasteiger charge is 2.37. The summed E-state index contributed by atoms with van der Waals surface area (Å²) in [5.41, 5.74) is 11.4. The summed E-state index contributed by atoms with van der Waals surface area (Å²) in [6, 6.07) is -5.61. The molecule has 25 heteroatoms. The van der Waals surface area contributed by atoms with Crippen molar-refractivity contribution in [1.29, 1.82) is 0 Å². The number of phenolic OH excluding ortho intramolecular Hbond substituents is 1. The van der Waals surface area contributed by atoms with Crippen molar-refractivity contribution < 1.29 is 68.4 Å². The number of rotatable bonds is 26. The van der Waals surface area contributed by atoms with Gasteiger partial charge in [-0.1, -0.05) is 39.8 Å². The number of carboxylic acids is 2. The first kappa shape index (κ1) is 53.0. The number of hydrogen-bond donors (Lipinski definition) is 14. The lowest BCUT2D eigenvalue weighted by molar-refractivity contribution is -0.144. The van der Waals surface area contributed by atoms with E-state index >= 15 is 0 Å². The van der Waals surface area contributed by atoms with Crippen LogP contribution in [-0.2, 0) is 60.8 Å². The van der Waals surface area contributed by atoms with Gasteiger partial charge in [0.2, 0.25) is 47.3 Å². The molecule has 1 aromatic carbocycles. The Morgan fingerprint density at radius 2 is 1.09 bits per heavy atom. The standard InChI is InChI=1S/C39H57N11O14/c1-17(2)30(48-35(59)23(10-20-6-8-22(52)9-7-20)45-33(57)24(12-27(41)53)44-28(54)14-40)36(60)49-31(18(3)4)37(61)50-32(19(5)51)38(62)46-25(13-29(55)56)34(58)47-26(39(63)64)11-21-15-42-16-43-21/h6-9,15-19,23-26,30-32,51-52H,10-14,40H2,1-5H3,(H2,41,53)(H,42,43)(H,44,54)(H,45,57)(H,46,62)(H,47,58)(H,48,59)(H,49,60)(H,50,61)(H,55,56)(H,63,64)/t19-,23+,24+,25+,26+,30+,31+,32+/m1/s1. The van der Waals surface area contributed by atoms with Gasteiger partial charge in [0.15, 0.2) is 0 Å². The van der Waals surface area contributed by atoms with Gasteiger partial charge < -0.3 is 74.1 Å². The second-order valence-electron chi connectivity index (χ2n) is 15.5. The molecular formula is C39H57N11O14. The lowest BCUT2D eigenvalue weighted by Gasteiger charge is -2.30. The Morgan fingerprint density at radius 1 is 0.625 bits per heavy atom. The number of aromatic amines is 1. The molecule has 0 unspecified atom stereocenters. The monoisotopic (exact) mass is 903 g/mol. The number of nitrogens with one attached hydrogen (secondary N) is 8. The topological polar surface area (TPSA) is 417 Å². The molecule has 0 aliphatic heterocycles. The minimum atomic E-state index is -1.89. The highest BCUT2D eigenvalue weighted by atomic mass is 16.4. The van der Waals surface area contributed by atoms with Crippen LogP contribution in [0.1, 0.15) is 58.7 Å². The van der Waals surface area contributed by atoms with Crippen LogP contribution >= 0.6 is 0 Å². The van der Waals surface area contributed by atoms with Crippen LogP contribution in [0.15, 0.2) is 36.8 Å². The molecule has 8 atom stereocenters. The van der Waals surface area contributed by atoms with Crippen LogP contribution in [0.3, 0.4) is 0 Å². The van der Waals surface area contributed by atoms with E-state index in [1.54, 1.807) is 13.8 Å².